The van der Waals surface area contributed by atoms with Gasteiger partial charge in [-0.05, 0) is 62.0 Å². The molecule has 1 N–H and O–H groups in total. The molecule has 9 nitrogen and oxygen atoms in total. The highest BCUT2D eigenvalue weighted by Crippen LogP contribution is 2.72. The van der Waals surface area contributed by atoms with Crippen molar-refractivity contribution in [2.75, 3.05) is 26.5 Å². The molecule has 0 saturated heterocycles. The Hall–Kier alpha value is -3.43. The largest absolute Gasteiger partial charge is 0.457 e. The number of esters is 1. The molecule has 4 aliphatic rings. The fraction of sp³-hybridized carbons (Fsp3) is 0.576. The van der Waals surface area contributed by atoms with Crippen LogP contribution in [-0.2, 0) is 19.1 Å². The van der Waals surface area contributed by atoms with Crippen molar-refractivity contribution in [3.8, 4) is 11.8 Å². The number of halogens is 2. The van der Waals surface area contributed by atoms with Gasteiger partial charge >= 0.3 is 12.1 Å². The van der Waals surface area contributed by atoms with Gasteiger partial charge in [0.25, 0.3) is 0 Å². The summed E-state index contributed by atoms with van der Waals surface area (Å²) in [7, 11) is 3.06. The van der Waals surface area contributed by atoms with Crippen LogP contribution in [0.5, 0.6) is 0 Å². The van der Waals surface area contributed by atoms with E-state index < -0.39 is 75.1 Å². The van der Waals surface area contributed by atoms with Gasteiger partial charge in [-0.2, -0.15) is 0 Å². The van der Waals surface area contributed by atoms with Crippen LogP contribution in [0.2, 0.25) is 0 Å². The molecule has 0 radical (unpaired) electrons. The van der Waals surface area contributed by atoms with Gasteiger partial charge in [-0.3, -0.25) is 9.59 Å². The van der Waals surface area contributed by atoms with Crippen molar-refractivity contribution in [1.29, 1.82) is 0 Å². The van der Waals surface area contributed by atoms with Crippen LogP contribution in [0.4, 0.5) is 13.6 Å². The SMILES string of the molecule is C[C@@H]1C[C@H]2[C@@H]3C[C@H](F)C4=CC(=O)C=C[C@]4(C)[C@@]3(F)[C@@H](O)C[C@]2(C)[C@@]1(OC(=O)c1ccco1)C(=O)SCC#CCOC(=O)N(C)C. The number of amides is 1. The lowest BCUT2D eigenvalue weighted by Gasteiger charge is -2.63. The van der Waals surface area contributed by atoms with E-state index in [1.807, 2.05) is 0 Å². The number of ether oxygens (including phenoxy) is 2. The van der Waals surface area contributed by atoms with E-state index in [1.54, 1.807) is 13.8 Å². The van der Waals surface area contributed by atoms with E-state index in [0.717, 1.165) is 17.8 Å². The van der Waals surface area contributed by atoms with Gasteiger partial charge in [0.05, 0.1) is 18.1 Å². The number of rotatable bonds is 5. The van der Waals surface area contributed by atoms with E-state index >= 15 is 8.78 Å². The Balaban J connectivity index is 1.51. The zero-order chi connectivity index (χ0) is 32.9. The fourth-order valence-electron chi connectivity index (χ4n) is 8.35. The summed E-state index contributed by atoms with van der Waals surface area (Å²) in [6.45, 7) is 4.75. The van der Waals surface area contributed by atoms with Crippen molar-refractivity contribution >= 4 is 34.7 Å². The second-order valence-corrected chi connectivity index (χ2v) is 13.9. The van der Waals surface area contributed by atoms with Gasteiger partial charge in [0.15, 0.2) is 23.7 Å². The molecule has 0 unspecified atom stereocenters. The molecule has 0 aromatic carbocycles. The van der Waals surface area contributed by atoms with E-state index in [0.29, 0.717) is 0 Å². The standard InChI is InChI=1S/C33H37F2NO8S/c1-19-15-21-22-17-24(34)23-16-20(37)10-11-30(23,2)32(22,35)26(38)18-31(21,3)33(19,44-27(39)25-9-8-13-42-25)28(40)45-14-7-6-12-43-29(41)36(4)5/h8-11,13,16,19,21-22,24,26,38H,12,14-15,17-18H2,1-5H3/t19-,21+,22+,24+,26+,30+,31+,32+,33+/m1/s1. The van der Waals surface area contributed by atoms with E-state index in [4.69, 9.17) is 13.9 Å². The number of aliphatic hydroxyl groups is 1. The summed E-state index contributed by atoms with van der Waals surface area (Å²) in [6, 6.07) is 2.90. The molecule has 3 saturated carbocycles. The molecule has 4 aliphatic carbocycles. The van der Waals surface area contributed by atoms with Gasteiger partial charge in [-0.1, -0.05) is 43.5 Å². The van der Waals surface area contributed by atoms with Crippen LogP contribution in [-0.4, -0.2) is 83.0 Å². The molecule has 242 valence electrons. The molecule has 0 bridgehead atoms. The number of ketones is 1. The smallest absolute Gasteiger partial charge is 0.410 e. The van der Waals surface area contributed by atoms with Crippen molar-refractivity contribution in [3.05, 3.63) is 48.0 Å². The first-order chi connectivity index (χ1) is 21.1. The highest BCUT2D eigenvalue weighted by Gasteiger charge is 2.78. The zero-order valence-corrected chi connectivity index (χ0v) is 26.6. The Bertz CT molecular complexity index is 1510. The van der Waals surface area contributed by atoms with Crippen molar-refractivity contribution in [2.24, 2.45) is 28.6 Å². The highest BCUT2D eigenvalue weighted by molar-refractivity contribution is 8.14. The molecular weight excluding hydrogens is 608 g/mol. The number of carbonyl (C=O) groups is 4. The third kappa shape index (κ3) is 4.94. The van der Waals surface area contributed by atoms with Crippen LogP contribution >= 0.6 is 11.8 Å². The fourth-order valence-corrected chi connectivity index (χ4v) is 9.34. The van der Waals surface area contributed by atoms with Crippen LogP contribution in [0.1, 0.15) is 50.6 Å². The minimum atomic E-state index is -2.35. The molecule has 45 heavy (non-hydrogen) atoms. The van der Waals surface area contributed by atoms with Gasteiger partial charge in [-0.25, -0.2) is 18.4 Å². The predicted octanol–water partition coefficient (Wildman–Crippen LogP) is 4.70. The maximum absolute atomic E-state index is 17.6. The second kappa shape index (κ2) is 11.7. The van der Waals surface area contributed by atoms with Crippen LogP contribution < -0.4 is 0 Å². The van der Waals surface area contributed by atoms with Crippen molar-refractivity contribution in [2.45, 2.75) is 63.6 Å². The normalized spacial score (nSPS) is 38.1. The summed E-state index contributed by atoms with van der Waals surface area (Å²) in [6.07, 6.45) is 0.726. The average Bonchev–Trinajstić information content (AvgIpc) is 3.60. The number of furan rings is 1. The van der Waals surface area contributed by atoms with E-state index in [2.05, 4.69) is 11.8 Å². The molecular formula is C33H37F2NO8S. The Morgan fingerprint density at radius 1 is 1.20 bits per heavy atom. The minimum absolute atomic E-state index is 0.000531. The van der Waals surface area contributed by atoms with E-state index in [-0.39, 0.29) is 43.0 Å². The molecule has 0 spiro atoms. The van der Waals surface area contributed by atoms with Crippen molar-refractivity contribution in [1.82, 2.24) is 4.90 Å². The third-order valence-electron chi connectivity index (χ3n) is 10.5. The van der Waals surface area contributed by atoms with Crippen molar-refractivity contribution < 1.29 is 47.0 Å². The molecule has 1 aromatic rings. The van der Waals surface area contributed by atoms with Gasteiger partial charge in [0.2, 0.25) is 10.9 Å². The van der Waals surface area contributed by atoms with Gasteiger partial charge in [0, 0.05) is 36.8 Å². The van der Waals surface area contributed by atoms with Gasteiger partial charge in [0.1, 0.15) is 6.17 Å². The Morgan fingerprint density at radius 2 is 1.93 bits per heavy atom. The Labute approximate surface area is 264 Å². The monoisotopic (exact) mass is 645 g/mol. The second-order valence-electron chi connectivity index (χ2n) is 13.0. The number of nitrogens with zero attached hydrogens (tertiary/aromatic N) is 1. The summed E-state index contributed by atoms with van der Waals surface area (Å²) in [5, 5.41) is 11.2. The summed E-state index contributed by atoms with van der Waals surface area (Å²) in [4.78, 5) is 52.7. The number of hydrogen-bond donors (Lipinski definition) is 1. The quantitative estimate of drug-likeness (QED) is 0.359. The molecule has 5 rings (SSSR count). The first kappa shape index (κ1) is 32.9. The van der Waals surface area contributed by atoms with Crippen LogP contribution in [0.3, 0.4) is 0 Å². The molecule has 9 atom stereocenters. The Morgan fingerprint density at radius 3 is 2.60 bits per heavy atom. The molecule has 1 heterocycles. The number of carbonyl (C=O) groups excluding carboxylic acids is 4. The maximum atomic E-state index is 17.6. The lowest BCUT2D eigenvalue weighted by Crippen LogP contribution is -2.70. The number of thioether (sulfide) groups is 1. The average molecular weight is 646 g/mol. The number of alkyl halides is 2. The summed E-state index contributed by atoms with van der Waals surface area (Å²) in [5.41, 5.74) is -7.10. The summed E-state index contributed by atoms with van der Waals surface area (Å²) >= 11 is 0.804. The molecule has 1 aromatic heterocycles. The maximum Gasteiger partial charge on any atom is 0.410 e. The first-order valence-electron chi connectivity index (χ1n) is 14.8. The number of allylic oxidation sites excluding steroid dienone is 4. The number of hydrogen-bond acceptors (Lipinski definition) is 9. The van der Waals surface area contributed by atoms with E-state index in [9.17, 15) is 24.3 Å². The third-order valence-corrected chi connectivity index (χ3v) is 11.3. The summed E-state index contributed by atoms with van der Waals surface area (Å²) < 4.78 is 49.9. The minimum Gasteiger partial charge on any atom is -0.457 e. The topological polar surface area (TPSA) is 123 Å². The summed E-state index contributed by atoms with van der Waals surface area (Å²) in [5.74, 6) is 1.57. The zero-order valence-electron chi connectivity index (χ0n) is 25.8. The van der Waals surface area contributed by atoms with Crippen LogP contribution in [0.25, 0.3) is 0 Å². The van der Waals surface area contributed by atoms with Crippen LogP contribution in [0.15, 0.2) is 46.6 Å². The molecule has 1 amide bonds. The number of aliphatic hydroxyl groups excluding tert-OH is 1. The first-order valence-corrected chi connectivity index (χ1v) is 15.8. The molecule has 3 fully saturated rings. The van der Waals surface area contributed by atoms with Gasteiger partial charge < -0.3 is 23.9 Å². The predicted molar refractivity (Wildman–Crippen MR) is 160 cm³/mol. The lowest BCUT2D eigenvalue weighted by molar-refractivity contribution is -0.221. The Kier molecular flexibility index (Phi) is 8.59. The highest BCUT2D eigenvalue weighted by atomic mass is 32.2. The van der Waals surface area contributed by atoms with Crippen LogP contribution in [0, 0.1) is 40.4 Å². The number of fused-ring (bicyclic) bond motifs is 5. The lowest BCUT2D eigenvalue weighted by atomic mass is 9.44. The van der Waals surface area contributed by atoms with Gasteiger partial charge in [-0.15, -0.1) is 0 Å². The van der Waals surface area contributed by atoms with E-state index in [1.165, 1.54) is 56.5 Å². The molecule has 0 aliphatic heterocycles. The molecule has 12 heteroatoms. The van der Waals surface area contributed by atoms with Crippen molar-refractivity contribution in [3.63, 3.8) is 0 Å².